The molecule has 128 valence electrons. The summed E-state index contributed by atoms with van der Waals surface area (Å²) >= 11 is 1.35. The summed E-state index contributed by atoms with van der Waals surface area (Å²) in [5.74, 6) is -0.304. The van der Waals surface area contributed by atoms with Gasteiger partial charge in [0.2, 0.25) is 0 Å². The lowest BCUT2D eigenvalue weighted by Crippen LogP contribution is -2.15. The standard InChI is InChI=1S/C18H16N2O4S/c1-11-4-2-5-12-17(11)19-15(20-18(12)23)10-24-16(22)8-7-13(21)14-6-3-9-25-14/h2-6,9H,7-8,10H2,1H3,(H,19,20,23). The van der Waals surface area contributed by atoms with Gasteiger partial charge in [-0.15, -0.1) is 11.3 Å². The van der Waals surface area contributed by atoms with Crippen LogP contribution in [0.3, 0.4) is 0 Å². The van der Waals surface area contributed by atoms with Gasteiger partial charge in [-0.3, -0.25) is 14.4 Å². The third-order valence-corrected chi connectivity index (χ3v) is 4.62. The van der Waals surface area contributed by atoms with Crippen molar-refractivity contribution in [1.29, 1.82) is 0 Å². The fraction of sp³-hybridized carbons (Fsp3) is 0.222. The first-order chi connectivity index (χ1) is 12.0. The number of carbonyl (C=O) groups is 2. The molecule has 0 saturated carbocycles. The van der Waals surface area contributed by atoms with E-state index < -0.39 is 5.97 Å². The zero-order valence-corrected chi connectivity index (χ0v) is 14.4. The van der Waals surface area contributed by atoms with Gasteiger partial charge < -0.3 is 9.72 Å². The number of nitrogens with one attached hydrogen (secondary N) is 1. The second-order valence-corrected chi connectivity index (χ2v) is 6.49. The van der Waals surface area contributed by atoms with Gasteiger partial charge in [0.1, 0.15) is 12.4 Å². The van der Waals surface area contributed by atoms with Gasteiger partial charge in [-0.05, 0) is 30.0 Å². The molecule has 3 aromatic rings. The molecule has 0 aliphatic rings. The van der Waals surface area contributed by atoms with E-state index in [-0.39, 0.29) is 36.6 Å². The summed E-state index contributed by atoms with van der Waals surface area (Å²) in [6.07, 6.45) is 0.0910. The number of rotatable bonds is 6. The van der Waals surface area contributed by atoms with Crippen molar-refractivity contribution in [2.75, 3.05) is 0 Å². The highest BCUT2D eigenvalue weighted by Gasteiger charge is 2.12. The van der Waals surface area contributed by atoms with Crippen molar-refractivity contribution in [3.63, 3.8) is 0 Å². The fourth-order valence-electron chi connectivity index (χ4n) is 2.42. The smallest absolute Gasteiger partial charge is 0.306 e. The molecule has 0 bridgehead atoms. The van der Waals surface area contributed by atoms with Crippen molar-refractivity contribution in [1.82, 2.24) is 9.97 Å². The Morgan fingerprint density at radius 1 is 1.20 bits per heavy atom. The van der Waals surface area contributed by atoms with E-state index >= 15 is 0 Å². The van der Waals surface area contributed by atoms with E-state index in [0.717, 1.165) is 5.56 Å². The lowest BCUT2D eigenvalue weighted by molar-refractivity contribution is -0.145. The Morgan fingerprint density at radius 3 is 2.80 bits per heavy atom. The van der Waals surface area contributed by atoms with E-state index in [1.807, 2.05) is 18.4 Å². The monoisotopic (exact) mass is 356 g/mol. The van der Waals surface area contributed by atoms with Crippen LogP contribution in [0.4, 0.5) is 0 Å². The molecule has 0 amide bonds. The molecule has 0 atom stereocenters. The molecule has 3 rings (SSSR count). The maximum atomic E-state index is 12.1. The number of ketones is 1. The number of fused-ring (bicyclic) bond motifs is 1. The molecule has 1 aromatic carbocycles. The minimum atomic E-state index is -0.502. The summed E-state index contributed by atoms with van der Waals surface area (Å²) in [6, 6.07) is 8.87. The highest BCUT2D eigenvalue weighted by atomic mass is 32.1. The van der Waals surface area contributed by atoms with Crippen molar-refractivity contribution < 1.29 is 14.3 Å². The molecule has 7 heteroatoms. The van der Waals surface area contributed by atoms with E-state index in [0.29, 0.717) is 15.8 Å². The zero-order chi connectivity index (χ0) is 17.8. The largest absolute Gasteiger partial charge is 0.458 e. The number of nitrogens with zero attached hydrogens (tertiary/aromatic N) is 1. The van der Waals surface area contributed by atoms with Gasteiger partial charge in [0.25, 0.3) is 5.56 Å². The van der Waals surface area contributed by atoms with Crippen LogP contribution >= 0.6 is 11.3 Å². The molecule has 25 heavy (non-hydrogen) atoms. The number of carbonyl (C=O) groups excluding carboxylic acids is 2. The number of hydrogen-bond donors (Lipinski definition) is 1. The maximum Gasteiger partial charge on any atom is 0.306 e. The van der Waals surface area contributed by atoms with Crippen molar-refractivity contribution in [2.45, 2.75) is 26.4 Å². The Bertz CT molecular complexity index is 976. The maximum absolute atomic E-state index is 12.1. The number of hydrogen-bond acceptors (Lipinski definition) is 6. The summed E-state index contributed by atoms with van der Waals surface area (Å²) < 4.78 is 5.12. The molecule has 6 nitrogen and oxygen atoms in total. The number of thiophene rings is 1. The Hall–Kier alpha value is -2.80. The molecule has 2 aromatic heterocycles. The van der Waals surface area contributed by atoms with E-state index in [1.165, 1.54) is 11.3 Å². The first-order valence-electron chi connectivity index (χ1n) is 7.75. The summed E-state index contributed by atoms with van der Waals surface area (Å²) in [6.45, 7) is 1.73. The van der Waals surface area contributed by atoms with Crippen LogP contribution in [0.1, 0.15) is 33.9 Å². The number of benzene rings is 1. The predicted molar refractivity (Wildman–Crippen MR) is 94.8 cm³/mol. The molecule has 0 aliphatic carbocycles. The summed E-state index contributed by atoms with van der Waals surface area (Å²) in [7, 11) is 0. The topological polar surface area (TPSA) is 89.1 Å². The lowest BCUT2D eigenvalue weighted by atomic mass is 10.1. The normalized spacial score (nSPS) is 10.8. The number of Topliss-reactive ketones (excluding diaryl/α,β-unsaturated/α-hetero) is 1. The first-order valence-corrected chi connectivity index (χ1v) is 8.63. The first kappa shape index (κ1) is 17.0. The average molecular weight is 356 g/mol. The van der Waals surface area contributed by atoms with Gasteiger partial charge in [-0.1, -0.05) is 18.2 Å². The molecular weight excluding hydrogens is 340 g/mol. The number of aromatic nitrogens is 2. The number of aromatic amines is 1. The summed E-state index contributed by atoms with van der Waals surface area (Å²) in [5, 5.41) is 2.31. The van der Waals surface area contributed by atoms with Gasteiger partial charge in [0, 0.05) is 6.42 Å². The van der Waals surface area contributed by atoms with Gasteiger partial charge in [0.15, 0.2) is 5.78 Å². The Labute approximate surface area is 147 Å². The van der Waals surface area contributed by atoms with E-state index in [9.17, 15) is 14.4 Å². The van der Waals surface area contributed by atoms with Crippen LogP contribution < -0.4 is 5.56 Å². The molecular formula is C18H16N2O4S. The minimum absolute atomic E-state index is 0.00637. The van der Waals surface area contributed by atoms with Crippen LogP contribution in [0.5, 0.6) is 0 Å². The molecule has 0 spiro atoms. The van der Waals surface area contributed by atoms with Gasteiger partial charge in [-0.2, -0.15) is 0 Å². The fourth-order valence-corrected chi connectivity index (χ4v) is 3.11. The molecule has 0 fully saturated rings. The number of para-hydroxylation sites is 1. The minimum Gasteiger partial charge on any atom is -0.458 e. The van der Waals surface area contributed by atoms with Crippen LogP contribution in [0.15, 0.2) is 40.5 Å². The highest BCUT2D eigenvalue weighted by molar-refractivity contribution is 7.12. The predicted octanol–water partition coefficient (Wildman–Crippen LogP) is 3.00. The van der Waals surface area contributed by atoms with E-state index in [1.54, 1.807) is 24.3 Å². The van der Waals surface area contributed by atoms with Gasteiger partial charge in [0.05, 0.1) is 22.2 Å². The number of aryl methyl sites for hydroxylation is 1. The molecule has 0 saturated heterocycles. The number of esters is 1. The third kappa shape index (κ3) is 4.00. The van der Waals surface area contributed by atoms with Crippen molar-refractivity contribution in [2.24, 2.45) is 0 Å². The van der Waals surface area contributed by atoms with Crippen molar-refractivity contribution in [3.8, 4) is 0 Å². The van der Waals surface area contributed by atoms with Gasteiger partial charge >= 0.3 is 5.97 Å². The second kappa shape index (κ2) is 7.40. The third-order valence-electron chi connectivity index (χ3n) is 3.71. The van der Waals surface area contributed by atoms with Gasteiger partial charge in [-0.25, -0.2) is 4.98 Å². The quantitative estimate of drug-likeness (QED) is 0.542. The SMILES string of the molecule is Cc1cccc2c(=O)[nH]c(COC(=O)CCC(=O)c3cccs3)nc12. The lowest BCUT2D eigenvalue weighted by Gasteiger charge is -2.06. The Balaban J connectivity index is 1.60. The van der Waals surface area contributed by atoms with Crippen LogP contribution in [0, 0.1) is 6.92 Å². The number of H-pyrrole nitrogens is 1. The molecule has 0 aliphatic heterocycles. The van der Waals surface area contributed by atoms with E-state index in [4.69, 9.17) is 4.74 Å². The highest BCUT2D eigenvalue weighted by Crippen LogP contribution is 2.14. The summed E-state index contributed by atoms with van der Waals surface area (Å²) in [4.78, 5) is 43.3. The van der Waals surface area contributed by atoms with Crippen LogP contribution in [0.25, 0.3) is 10.9 Å². The zero-order valence-electron chi connectivity index (χ0n) is 13.6. The van der Waals surface area contributed by atoms with Crippen LogP contribution in [-0.2, 0) is 16.1 Å². The molecule has 0 unspecified atom stereocenters. The van der Waals surface area contributed by atoms with Crippen molar-refractivity contribution in [3.05, 3.63) is 62.3 Å². The Morgan fingerprint density at radius 2 is 2.04 bits per heavy atom. The molecule has 0 radical (unpaired) electrons. The molecule has 1 N–H and O–H groups in total. The van der Waals surface area contributed by atoms with E-state index in [2.05, 4.69) is 9.97 Å². The summed E-state index contributed by atoms with van der Waals surface area (Å²) in [5.41, 5.74) is 1.19. The molecule has 2 heterocycles. The van der Waals surface area contributed by atoms with Crippen molar-refractivity contribution >= 4 is 34.0 Å². The second-order valence-electron chi connectivity index (χ2n) is 5.54. The van der Waals surface area contributed by atoms with Crippen LogP contribution in [0.2, 0.25) is 0 Å². The Kier molecular flexibility index (Phi) is 5.04. The number of ether oxygens (including phenoxy) is 1. The average Bonchev–Trinajstić information content (AvgIpc) is 3.13. The van der Waals surface area contributed by atoms with Crippen LogP contribution in [-0.4, -0.2) is 21.7 Å².